The SMILES string of the molecule is CNNC(=O)Cc1ccc2c(c1)oc(=O)n2C. The maximum atomic E-state index is 11.3. The van der Waals surface area contributed by atoms with Gasteiger partial charge in [0.25, 0.3) is 0 Å². The Labute approximate surface area is 97.2 Å². The predicted octanol–water partition coefficient (Wildman–Crippen LogP) is -0.0754. The van der Waals surface area contributed by atoms with Crippen LogP contribution in [-0.4, -0.2) is 17.5 Å². The van der Waals surface area contributed by atoms with E-state index in [9.17, 15) is 9.59 Å². The lowest BCUT2D eigenvalue weighted by atomic mass is 10.1. The number of hydrazine groups is 1. The number of aryl methyl sites for hydroxylation is 1. The zero-order chi connectivity index (χ0) is 12.4. The summed E-state index contributed by atoms with van der Waals surface area (Å²) in [5.41, 5.74) is 7.03. The van der Waals surface area contributed by atoms with Crippen molar-refractivity contribution in [3.8, 4) is 0 Å². The second-order valence-electron chi connectivity index (χ2n) is 3.70. The van der Waals surface area contributed by atoms with Gasteiger partial charge < -0.3 is 4.42 Å². The van der Waals surface area contributed by atoms with Crippen molar-refractivity contribution in [1.29, 1.82) is 0 Å². The predicted molar refractivity (Wildman–Crippen MR) is 62.4 cm³/mol. The number of fused-ring (bicyclic) bond motifs is 1. The Morgan fingerprint density at radius 3 is 2.94 bits per heavy atom. The molecular weight excluding hydrogens is 222 g/mol. The fourth-order valence-corrected chi connectivity index (χ4v) is 1.66. The van der Waals surface area contributed by atoms with Gasteiger partial charge >= 0.3 is 5.76 Å². The number of amides is 1. The molecule has 17 heavy (non-hydrogen) atoms. The van der Waals surface area contributed by atoms with Crippen LogP contribution >= 0.6 is 0 Å². The third-order valence-corrected chi connectivity index (χ3v) is 2.49. The first kappa shape index (κ1) is 11.4. The van der Waals surface area contributed by atoms with Crippen LogP contribution < -0.4 is 16.6 Å². The minimum absolute atomic E-state index is 0.148. The number of nitrogens with one attached hydrogen (secondary N) is 2. The average molecular weight is 235 g/mol. The number of aromatic nitrogens is 1. The Morgan fingerprint density at radius 2 is 2.24 bits per heavy atom. The molecule has 0 radical (unpaired) electrons. The summed E-state index contributed by atoms with van der Waals surface area (Å²) in [5.74, 6) is -0.554. The van der Waals surface area contributed by atoms with Gasteiger partial charge in [0.1, 0.15) is 0 Å². The first-order chi connectivity index (χ1) is 8.11. The second kappa shape index (κ2) is 4.42. The number of carbonyl (C=O) groups is 1. The van der Waals surface area contributed by atoms with Crippen LogP contribution in [0.5, 0.6) is 0 Å². The molecule has 2 rings (SSSR count). The Balaban J connectivity index is 2.32. The van der Waals surface area contributed by atoms with Crippen molar-refractivity contribution < 1.29 is 9.21 Å². The van der Waals surface area contributed by atoms with E-state index in [-0.39, 0.29) is 12.3 Å². The maximum Gasteiger partial charge on any atom is 0.419 e. The molecular formula is C11H13N3O3. The van der Waals surface area contributed by atoms with Gasteiger partial charge in [0.15, 0.2) is 5.58 Å². The molecule has 6 nitrogen and oxygen atoms in total. The first-order valence-corrected chi connectivity index (χ1v) is 5.16. The summed E-state index contributed by atoms with van der Waals surface area (Å²) in [6.45, 7) is 0. The van der Waals surface area contributed by atoms with Crippen molar-refractivity contribution in [1.82, 2.24) is 15.4 Å². The molecule has 1 amide bonds. The minimum Gasteiger partial charge on any atom is -0.408 e. The van der Waals surface area contributed by atoms with Gasteiger partial charge in [-0.25, -0.2) is 10.2 Å². The number of oxazole rings is 1. The third kappa shape index (κ3) is 2.21. The van der Waals surface area contributed by atoms with Crippen LogP contribution in [-0.2, 0) is 18.3 Å². The summed E-state index contributed by atoms with van der Waals surface area (Å²) < 4.78 is 6.46. The molecule has 1 aromatic heterocycles. The fourth-order valence-electron chi connectivity index (χ4n) is 1.66. The second-order valence-corrected chi connectivity index (χ2v) is 3.70. The van der Waals surface area contributed by atoms with Crippen molar-refractivity contribution >= 4 is 17.0 Å². The molecule has 0 bridgehead atoms. The quantitative estimate of drug-likeness (QED) is 0.730. The third-order valence-electron chi connectivity index (χ3n) is 2.49. The molecule has 1 heterocycles. The summed E-state index contributed by atoms with van der Waals surface area (Å²) in [7, 11) is 3.26. The van der Waals surface area contributed by atoms with Crippen LogP contribution in [0.3, 0.4) is 0 Å². The van der Waals surface area contributed by atoms with E-state index in [4.69, 9.17) is 4.42 Å². The number of rotatable bonds is 3. The highest BCUT2D eigenvalue weighted by molar-refractivity contribution is 5.80. The maximum absolute atomic E-state index is 11.3. The number of hydrogen-bond acceptors (Lipinski definition) is 4. The van der Waals surface area contributed by atoms with E-state index in [0.29, 0.717) is 11.1 Å². The molecule has 0 aliphatic carbocycles. The van der Waals surface area contributed by atoms with Crippen molar-refractivity contribution in [2.45, 2.75) is 6.42 Å². The number of benzene rings is 1. The minimum atomic E-state index is -0.406. The number of hydrogen-bond donors (Lipinski definition) is 2. The van der Waals surface area contributed by atoms with Crippen molar-refractivity contribution in [3.05, 3.63) is 34.3 Å². The molecule has 0 atom stereocenters. The molecule has 0 spiro atoms. The molecule has 0 aliphatic rings. The van der Waals surface area contributed by atoms with Crippen molar-refractivity contribution in [2.75, 3.05) is 7.05 Å². The van der Waals surface area contributed by atoms with Gasteiger partial charge in [0, 0.05) is 14.1 Å². The van der Waals surface area contributed by atoms with Gasteiger partial charge in [-0.3, -0.25) is 14.8 Å². The zero-order valence-corrected chi connectivity index (χ0v) is 9.61. The van der Waals surface area contributed by atoms with E-state index >= 15 is 0 Å². The van der Waals surface area contributed by atoms with Crippen molar-refractivity contribution in [2.24, 2.45) is 7.05 Å². The van der Waals surface area contributed by atoms with Crippen LogP contribution in [0, 0.1) is 0 Å². The van der Waals surface area contributed by atoms with Crippen LogP contribution in [0.15, 0.2) is 27.4 Å². The number of nitrogens with zero attached hydrogens (tertiary/aromatic N) is 1. The Morgan fingerprint density at radius 1 is 1.47 bits per heavy atom. The Kier molecular flexibility index (Phi) is 2.97. The lowest BCUT2D eigenvalue weighted by molar-refractivity contribution is -0.121. The molecule has 6 heteroatoms. The Bertz CT molecular complexity index is 612. The van der Waals surface area contributed by atoms with E-state index < -0.39 is 5.76 Å². The lowest BCUT2D eigenvalue weighted by Crippen LogP contribution is -2.35. The lowest BCUT2D eigenvalue weighted by Gasteiger charge is -2.02. The van der Waals surface area contributed by atoms with E-state index in [1.54, 1.807) is 32.3 Å². The van der Waals surface area contributed by atoms with Gasteiger partial charge in [-0.1, -0.05) is 6.07 Å². The summed E-state index contributed by atoms with van der Waals surface area (Å²) in [6.07, 6.45) is 0.232. The standard InChI is InChI=1S/C11H13N3O3/c1-12-13-10(15)6-7-3-4-8-9(5-7)17-11(16)14(8)2/h3-5,12H,6H2,1-2H3,(H,13,15). The van der Waals surface area contributed by atoms with Crippen LogP contribution in [0.4, 0.5) is 0 Å². The van der Waals surface area contributed by atoms with E-state index in [1.807, 2.05) is 0 Å². The average Bonchev–Trinajstić information content (AvgIpc) is 2.55. The molecule has 0 saturated heterocycles. The molecule has 2 aromatic rings. The molecule has 2 N–H and O–H groups in total. The van der Waals surface area contributed by atoms with E-state index in [1.165, 1.54) is 4.57 Å². The van der Waals surface area contributed by atoms with Crippen LogP contribution in [0.2, 0.25) is 0 Å². The van der Waals surface area contributed by atoms with Gasteiger partial charge in [-0.05, 0) is 17.7 Å². The smallest absolute Gasteiger partial charge is 0.408 e. The summed E-state index contributed by atoms with van der Waals surface area (Å²) in [5, 5.41) is 0. The summed E-state index contributed by atoms with van der Waals surface area (Å²) in [4.78, 5) is 22.6. The molecule has 0 aliphatic heterocycles. The highest BCUT2D eigenvalue weighted by Gasteiger charge is 2.08. The highest BCUT2D eigenvalue weighted by Crippen LogP contribution is 2.14. The van der Waals surface area contributed by atoms with Gasteiger partial charge in [0.2, 0.25) is 5.91 Å². The van der Waals surface area contributed by atoms with Crippen LogP contribution in [0.25, 0.3) is 11.1 Å². The van der Waals surface area contributed by atoms with Gasteiger partial charge in [-0.15, -0.1) is 0 Å². The molecule has 0 saturated carbocycles. The first-order valence-electron chi connectivity index (χ1n) is 5.16. The molecule has 0 unspecified atom stereocenters. The van der Waals surface area contributed by atoms with E-state index in [2.05, 4.69) is 10.9 Å². The Hall–Kier alpha value is -2.08. The van der Waals surface area contributed by atoms with Crippen LogP contribution in [0.1, 0.15) is 5.56 Å². The van der Waals surface area contributed by atoms with Gasteiger partial charge in [0.05, 0.1) is 11.9 Å². The molecule has 90 valence electrons. The van der Waals surface area contributed by atoms with Gasteiger partial charge in [-0.2, -0.15) is 0 Å². The normalized spacial score (nSPS) is 10.7. The summed E-state index contributed by atoms with van der Waals surface area (Å²) >= 11 is 0. The van der Waals surface area contributed by atoms with E-state index in [0.717, 1.165) is 5.56 Å². The highest BCUT2D eigenvalue weighted by atomic mass is 16.4. The zero-order valence-electron chi connectivity index (χ0n) is 9.61. The molecule has 1 aromatic carbocycles. The fraction of sp³-hybridized carbons (Fsp3) is 0.273. The monoisotopic (exact) mass is 235 g/mol. The summed E-state index contributed by atoms with van der Waals surface area (Å²) in [6, 6.07) is 5.26. The molecule has 0 fully saturated rings. The topological polar surface area (TPSA) is 76.3 Å². The number of carbonyl (C=O) groups excluding carboxylic acids is 1. The van der Waals surface area contributed by atoms with Crippen molar-refractivity contribution in [3.63, 3.8) is 0 Å². The largest absolute Gasteiger partial charge is 0.419 e.